The second-order valence-electron chi connectivity index (χ2n) is 7.05. The second kappa shape index (κ2) is 7.68. The Morgan fingerprint density at radius 3 is 2.64 bits per heavy atom. The van der Waals surface area contributed by atoms with E-state index in [0.717, 1.165) is 31.4 Å². The minimum absolute atomic E-state index is 0. The molecule has 0 aromatic heterocycles. The molecule has 3 aliphatic rings. The molecule has 128 valence electrons. The van der Waals surface area contributed by atoms with Gasteiger partial charge in [-0.1, -0.05) is 6.92 Å². The van der Waals surface area contributed by atoms with E-state index in [2.05, 4.69) is 17.1 Å². The fourth-order valence-corrected chi connectivity index (χ4v) is 5.11. The zero-order chi connectivity index (χ0) is 14.9. The molecule has 2 aliphatic heterocycles. The molecule has 2 unspecified atom stereocenters. The highest BCUT2D eigenvalue weighted by Gasteiger charge is 2.29. The van der Waals surface area contributed by atoms with Crippen LogP contribution in [0.2, 0.25) is 0 Å². The lowest BCUT2D eigenvalue weighted by Gasteiger charge is -2.34. The van der Waals surface area contributed by atoms with Gasteiger partial charge in [0.2, 0.25) is 0 Å². The monoisotopic (exact) mass is 441 g/mol. The zero-order valence-corrected chi connectivity index (χ0v) is 16.5. The zero-order valence-electron chi connectivity index (χ0n) is 13.3. The SMILES string of the molecule is CC1CCCN(C(=NCC2CCS(=O)(=O)C2)NC2CC2)C1.I. The summed E-state index contributed by atoms with van der Waals surface area (Å²) < 4.78 is 23.1. The number of nitrogens with zero attached hydrogens (tertiary/aromatic N) is 2. The fourth-order valence-electron chi connectivity index (χ4n) is 3.26. The quantitative estimate of drug-likeness (QED) is 0.413. The number of halogens is 1. The van der Waals surface area contributed by atoms with Gasteiger partial charge in [-0.3, -0.25) is 4.99 Å². The van der Waals surface area contributed by atoms with Crippen LogP contribution in [-0.2, 0) is 9.84 Å². The average Bonchev–Trinajstić information content (AvgIpc) is 3.18. The van der Waals surface area contributed by atoms with Gasteiger partial charge in [-0.15, -0.1) is 24.0 Å². The second-order valence-corrected chi connectivity index (χ2v) is 9.27. The van der Waals surface area contributed by atoms with Crippen molar-refractivity contribution in [3.8, 4) is 0 Å². The molecule has 2 saturated heterocycles. The number of nitrogens with one attached hydrogen (secondary N) is 1. The highest BCUT2D eigenvalue weighted by atomic mass is 127. The van der Waals surface area contributed by atoms with Crippen LogP contribution in [0.25, 0.3) is 0 Å². The van der Waals surface area contributed by atoms with Gasteiger partial charge in [0.25, 0.3) is 0 Å². The molecular weight excluding hydrogens is 413 g/mol. The van der Waals surface area contributed by atoms with Crippen LogP contribution in [0.5, 0.6) is 0 Å². The summed E-state index contributed by atoms with van der Waals surface area (Å²) in [6.07, 6.45) is 5.78. The van der Waals surface area contributed by atoms with Gasteiger partial charge in [-0.25, -0.2) is 8.42 Å². The van der Waals surface area contributed by atoms with E-state index in [1.807, 2.05) is 0 Å². The molecule has 1 aliphatic carbocycles. The standard InChI is InChI=1S/C15H27N3O2S.HI/c1-12-3-2-7-18(10-12)15(17-14-4-5-14)16-9-13-6-8-21(19,20)11-13;/h12-14H,2-11H2,1H3,(H,16,17);1H. The summed E-state index contributed by atoms with van der Waals surface area (Å²) in [4.78, 5) is 7.15. The van der Waals surface area contributed by atoms with Crippen LogP contribution in [0.3, 0.4) is 0 Å². The molecule has 3 rings (SSSR count). The van der Waals surface area contributed by atoms with Crippen LogP contribution in [0.1, 0.15) is 39.0 Å². The Hall–Kier alpha value is -0.0500. The third kappa shape index (κ3) is 5.25. The number of piperidine rings is 1. The summed E-state index contributed by atoms with van der Waals surface area (Å²) in [7, 11) is -2.79. The molecule has 22 heavy (non-hydrogen) atoms. The van der Waals surface area contributed by atoms with E-state index >= 15 is 0 Å². The molecule has 7 heteroatoms. The Morgan fingerprint density at radius 2 is 2.05 bits per heavy atom. The van der Waals surface area contributed by atoms with Crippen molar-refractivity contribution in [3.05, 3.63) is 0 Å². The summed E-state index contributed by atoms with van der Waals surface area (Å²) in [6, 6.07) is 0.591. The summed E-state index contributed by atoms with van der Waals surface area (Å²) in [5.41, 5.74) is 0. The maximum Gasteiger partial charge on any atom is 0.194 e. The number of rotatable bonds is 3. The highest BCUT2D eigenvalue weighted by Crippen LogP contribution is 2.22. The topological polar surface area (TPSA) is 61.8 Å². The average molecular weight is 441 g/mol. The molecule has 0 radical (unpaired) electrons. The summed E-state index contributed by atoms with van der Waals surface area (Å²) in [5, 5.41) is 3.55. The Labute approximate surface area is 151 Å². The number of hydrogen-bond acceptors (Lipinski definition) is 3. The Kier molecular flexibility index (Phi) is 6.39. The first-order chi connectivity index (χ1) is 10.0. The number of sulfone groups is 1. The first kappa shape index (κ1) is 18.3. The van der Waals surface area contributed by atoms with Crippen LogP contribution in [0.15, 0.2) is 4.99 Å². The Bertz CT molecular complexity index is 505. The van der Waals surface area contributed by atoms with Gasteiger partial charge in [-0.2, -0.15) is 0 Å². The molecule has 5 nitrogen and oxygen atoms in total. The molecule has 0 aromatic rings. The fraction of sp³-hybridized carbons (Fsp3) is 0.933. The summed E-state index contributed by atoms with van der Waals surface area (Å²) in [6.45, 7) is 5.09. The predicted molar refractivity (Wildman–Crippen MR) is 101 cm³/mol. The molecule has 3 fully saturated rings. The third-order valence-corrected chi connectivity index (χ3v) is 6.53. The van der Waals surface area contributed by atoms with Crippen molar-refractivity contribution in [2.24, 2.45) is 16.8 Å². The largest absolute Gasteiger partial charge is 0.354 e. The summed E-state index contributed by atoms with van der Waals surface area (Å²) in [5.74, 6) is 2.63. The van der Waals surface area contributed by atoms with Gasteiger partial charge in [0.15, 0.2) is 15.8 Å². The van der Waals surface area contributed by atoms with E-state index in [0.29, 0.717) is 24.1 Å². The number of guanidine groups is 1. The number of aliphatic imine (C=N–C) groups is 1. The van der Waals surface area contributed by atoms with Crippen LogP contribution in [-0.4, -0.2) is 56.5 Å². The molecule has 0 amide bonds. The van der Waals surface area contributed by atoms with Gasteiger partial charge < -0.3 is 10.2 Å². The third-order valence-electron chi connectivity index (χ3n) is 4.69. The van der Waals surface area contributed by atoms with Crippen molar-refractivity contribution in [1.82, 2.24) is 10.2 Å². The number of likely N-dealkylation sites (tertiary alicyclic amines) is 1. The van der Waals surface area contributed by atoms with E-state index in [1.54, 1.807) is 0 Å². The van der Waals surface area contributed by atoms with E-state index in [4.69, 9.17) is 4.99 Å². The van der Waals surface area contributed by atoms with Crippen molar-refractivity contribution in [3.63, 3.8) is 0 Å². The first-order valence-corrected chi connectivity index (χ1v) is 10.1. The van der Waals surface area contributed by atoms with Crippen LogP contribution in [0, 0.1) is 11.8 Å². The Morgan fingerprint density at radius 1 is 1.27 bits per heavy atom. The van der Waals surface area contributed by atoms with Crippen LogP contribution in [0.4, 0.5) is 0 Å². The van der Waals surface area contributed by atoms with Gasteiger partial charge >= 0.3 is 0 Å². The molecule has 0 spiro atoms. The van der Waals surface area contributed by atoms with E-state index in [-0.39, 0.29) is 29.9 Å². The van der Waals surface area contributed by atoms with Gasteiger partial charge in [-0.05, 0) is 43.9 Å². The van der Waals surface area contributed by atoms with Crippen molar-refractivity contribution < 1.29 is 8.42 Å². The molecule has 2 heterocycles. The minimum Gasteiger partial charge on any atom is -0.354 e. The first-order valence-electron chi connectivity index (χ1n) is 8.28. The summed E-state index contributed by atoms with van der Waals surface area (Å²) >= 11 is 0. The molecule has 0 bridgehead atoms. The van der Waals surface area contributed by atoms with Crippen LogP contribution >= 0.6 is 24.0 Å². The maximum atomic E-state index is 11.5. The van der Waals surface area contributed by atoms with Crippen molar-refractivity contribution in [1.29, 1.82) is 0 Å². The van der Waals surface area contributed by atoms with Crippen molar-refractivity contribution >= 4 is 39.8 Å². The van der Waals surface area contributed by atoms with E-state index in [9.17, 15) is 8.42 Å². The molecule has 1 saturated carbocycles. The molecule has 1 N–H and O–H groups in total. The lowest BCUT2D eigenvalue weighted by atomic mass is 10.0. The number of hydrogen-bond donors (Lipinski definition) is 1. The normalized spacial score (nSPS) is 31.7. The smallest absolute Gasteiger partial charge is 0.194 e. The van der Waals surface area contributed by atoms with Gasteiger partial charge in [0.1, 0.15) is 0 Å². The van der Waals surface area contributed by atoms with Gasteiger partial charge in [0, 0.05) is 25.7 Å². The lowest BCUT2D eigenvalue weighted by molar-refractivity contribution is 0.265. The molecule has 0 aromatic carbocycles. The van der Waals surface area contributed by atoms with Crippen molar-refractivity contribution in [2.75, 3.05) is 31.1 Å². The molecule has 2 atom stereocenters. The predicted octanol–water partition coefficient (Wildman–Crippen LogP) is 1.88. The lowest BCUT2D eigenvalue weighted by Crippen LogP contribution is -2.47. The van der Waals surface area contributed by atoms with E-state index < -0.39 is 9.84 Å². The minimum atomic E-state index is -2.79. The van der Waals surface area contributed by atoms with Crippen molar-refractivity contribution in [2.45, 2.75) is 45.1 Å². The highest BCUT2D eigenvalue weighted by molar-refractivity contribution is 14.0. The van der Waals surface area contributed by atoms with Crippen LogP contribution < -0.4 is 5.32 Å². The van der Waals surface area contributed by atoms with E-state index in [1.165, 1.54) is 25.7 Å². The Balaban J connectivity index is 0.00000176. The maximum absolute atomic E-state index is 11.5. The molecular formula is C15H28IN3O2S. The van der Waals surface area contributed by atoms with Gasteiger partial charge in [0.05, 0.1) is 11.5 Å².